The largest absolute Gasteiger partial charge is 0.357 e. The standard InChI is InChI=1S/C16H30N4/c1-5-19(6-2)11-8-12-20(7-3)16-10-9-15(13-17-4)14-18-16/h9-10,14,17H,5-8,11-13H2,1-4H3. The van der Waals surface area contributed by atoms with Gasteiger partial charge in [0.25, 0.3) is 0 Å². The Morgan fingerprint density at radius 2 is 1.80 bits per heavy atom. The van der Waals surface area contributed by atoms with Crippen molar-refractivity contribution in [1.82, 2.24) is 15.2 Å². The molecule has 0 bridgehead atoms. The van der Waals surface area contributed by atoms with E-state index in [1.165, 1.54) is 18.5 Å². The van der Waals surface area contributed by atoms with Crippen LogP contribution in [0.4, 0.5) is 5.82 Å². The lowest BCUT2D eigenvalue weighted by molar-refractivity contribution is 0.300. The van der Waals surface area contributed by atoms with Gasteiger partial charge in [-0.2, -0.15) is 0 Å². The molecule has 4 nitrogen and oxygen atoms in total. The molecular weight excluding hydrogens is 248 g/mol. The zero-order valence-electron chi connectivity index (χ0n) is 13.5. The number of rotatable bonds is 10. The first-order valence-corrected chi connectivity index (χ1v) is 7.81. The van der Waals surface area contributed by atoms with E-state index in [-0.39, 0.29) is 0 Å². The summed E-state index contributed by atoms with van der Waals surface area (Å²) in [7, 11) is 1.96. The minimum atomic E-state index is 0.876. The molecule has 0 fully saturated rings. The van der Waals surface area contributed by atoms with Gasteiger partial charge in [0.05, 0.1) is 0 Å². The molecule has 0 aliphatic carbocycles. The van der Waals surface area contributed by atoms with Gasteiger partial charge >= 0.3 is 0 Å². The van der Waals surface area contributed by atoms with Gasteiger partial charge in [0.2, 0.25) is 0 Å². The molecule has 4 heteroatoms. The molecule has 0 aromatic carbocycles. The maximum Gasteiger partial charge on any atom is 0.128 e. The fourth-order valence-electron chi connectivity index (χ4n) is 2.37. The Hall–Kier alpha value is -1.13. The van der Waals surface area contributed by atoms with Crippen LogP contribution in [0, 0.1) is 0 Å². The predicted molar refractivity (Wildman–Crippen MR) is 87.3 cm³/mol. The van der Waals surface area contributed by atoms with Crippen molar-refractivity contribution < 1.29 is 0 Å². The molecule has 1 aromatic rings. The highest BCUT2D eigenvalue weighted by Gasteiger charge is 2.06. The van der Waals surface area contributed by atoms with Gasteiger partial charge in [-0.05, 0) is 51.7 Å². The Kier molecular flexibility index (Phi) is 8.23. The molecule has 0 saturated carbocycles. The lowest BCUT2D eigenvalue weighted by Gasteiger charge is -2.24. The van der Waals surface area contributed by atoms with Gasteiger partial charge in [-0.3, -0.25) is 0 Å². The van der Waals surface area contributed by atoms with Crippen LogP contribution in [0.3, 0.4) is 0 Å². The summed E-state index contributed by atoms with van der Waals surface area (Å²) in [5.41, 5.74) is 1.23. The van der Waals surface area contributed by atoms with E-state index in [0.717, 1.165) is 38.5 Å². The second-order valence-corrected chi connectivity index (χ2v) is 5.02. The minimum Gasteiger partial charge on any atom is -0.357 e. The molecular formula is C16H30N4. The second kappa shape index (κ2) is 9.72. The fraction of sp³-hybridized carbons (Fsp3) is 0.688. The van der Waals surface area contributed by atoms with Gasteiger partial charge < -0.3 is 15.1 Å². The van der Waals surface area contributed by atoms with Gasteiger partial charge in [-0.1, -0.05) is 19.9 Å². The van der Waals surface area contributed by atoms with Crippen LogP contribution in [0.5, 0.6) is 0 Å². The van der Waals surface area contributed by atoms with Gasteiger partial charge in [-0.25, -0.2) is 4.98 Å². The first-order valence-electron chi connectivity index (χ1n) is 7.81. The quantitative estimate of drug-likeness (QED) is 0.712. The molecule has 0 spiro atoms. The van der Waals surface area contributed by atoms with Crippen LogP contribution < -0.4 is 10.2 Å². The van der Waals surface area contributed by atoms with Crippen molar-refractivity contribution >= 4 is 5.82 Å². The lowest BCUT2D eigenvalue weighted by atomic mass is 10.2. The summed E-state index contributed by atoms with van der Waals surface area (Å²) < 4.78 is 0. The van der Waals surface area contributed by atoms with Crippen LogP contribution in [-0.4, -0.2) is 49.7 Å². The Morgan fingerprint density at radius 1 is 1.05 bits per heavy atom. The third-order valence-corrected chi connectivity index (χ3v) is 3.69. The molecule has 0 aliphatic heterocycles. The van der Waals surface area contributed by atoms with Gasteiger partial charge in [-0.15, -0.1) is 0 Å². The molecule has 1 rings (SSSR count). The molecule has 0 radical (unpaired) electrons. The van der Waals surface area contributed by atoms with Crippen LogP contribution in [0.2, 0.25) is 0 Å². The number of nitrogens with one attached hydrogen (secondary N) is 1. The van der Waals surface area contributed by atoms with Crippen molar-refractivity contribution in [1.29, 1.82) is 0 Å². The van der Waals surface area contributed by atoms with Crippen molar-refractivity contribution in [2.24, 2.45) is 0 Å². The minimum absolute atomic E-state index is 0.876. The highest BCUT2D eigenvalue weighted by molar-refractivity contribution is 5.39. The SMILES string of the molecule is CCN(CC)CCCN(CC)c1ccc(CNC)cn1. The zero-order valence-corrected chi connectivity index (χ0v) is 13.5. The zero-order chi connectivity index (χ0) is 14.8. The first-order chi connectivity index (χ1) is 9.74. The summed E-state index contributed by atoms with van der Waals surface area (Å²) in [6.45, 7) is 13.1. The first kappa shape index (κ1) is 16.9. The average molecular weight is 278 g/mol. The molecule has 1 aromatic heterocycles. The monoisotopic (exact) mass is 278 g/mol. The van der Waals surface area contributed by atoms with E-state index in [1.807, 2.05) is 13.2 Å². The normalized spacial score (nSPS) is 11.1. The number of pyridine rings is 1. The van der Waals surface area contributed by atoms with Crippen LogP contribution in [-0.2, 0) is 6.54 Å². The average Bonchev–Trinajstić information content (AvgIpc) is 2.49. The van der Waals surface area contributed by atoms with Crippen LogP contribution in [0.25, 0.3) is 0 Å². The molecule has 0 aliphatic rings. The van der Waals surface area contributed by atoms with Crippen LogP contribution in [0.1, 0.15) is 32.8 Å². The maximum atomic E-state index is 4.58. The van der Waals surface area contributed by atoms with Crippen LogP contribution >= 0.6 is 0 Å². The highest BCUT2D eigenvalue weighted by atomic mass is 15.2. The number of nitrogens with zero attached hydrogens (tertiary/aromatic N) is 3. The summed E-state index contributed by atoms with van der Waals surface area (Å²) in [6.07, 6.45) is 3.16. The fourth-order valence-corrected chi connectivity index (χ4v) is 2.37. The Morgan fingerprint density at radius 3 is 2.30 bits per heavy atom. The number of hydrogen-bond acceptors (Lipinski definition) is 4. The van der Waals surface area contributed by atoms with E-state index in [0.29, 0.717) is 0 Å². The van der Waals surface area contributed by atoms with Crippen LogP contribution in [0.15, 0.2) is 18.3 Å². The summed E-state index contributed by atoms with van der Waals surface area (Å²) >= 11 is 0. The summed E-state index contributed by atoms with van der Waals surface area (Å²) in [5, 5.41) is 3.15. The van der Waals surface area contributed by atoms with E-state index >= 15 is 0 Å². The summed E-state index contributed by atoms with van der Waals surface area (Å²) in [5.74, 6) is 1.09. The smallest absolute Gasteiger partial charge is 0.128 e. The van der Waals surface area contributed by atoms with Gasteiger partial charge in [0, 0.05) is 25.8 Å². The topological polar surface area (TPSA) is 31.4 Å². The number of hydrogen-bond donors (Lipinski definition) is 1. The Balaban J connectivity index is 2.48. The van der Waals surface area contributed by atoms with Crippen molar-refractivity contribution in [3.63, 3.8) is 0 Å². The molecule has 0 saturated heterocycles. The van der Waals surface area contributed by atoms with Crippen molar-refractivity contribution in [3.8, 4) is 0 Å². The van der Waals surface area contributed by atoms with E-state index in [9.17, 15) is 0 Å². The molecule has 0 atom stereocenters. The van der Waals surface area contributed by atoms with Gasteiger partial charge in [0.15, 0.2) is 0 Å². The van der Waals surface area contributed by atoms with E-state index < -0.39 is 0 Å². The molecule has 20 heavy (non-hydrogen) atoms. The Labute approximate surface area is 124 Å². The highest BCUT2D eigenvalue weighted by Crippen LogP contribution is 2.11. The van der Waals surface area contributed by atoms with E-state index in [1.54, 1.807) is 0 Å². The Bertz CT molecular complexity index is 346. The molecule has 0 amide bonds. The number of anilines is 1. The maximum absolute atomic E-state index is 4.58. The molecule has 1 N–H and O–H groups in total. The number of aromatic nitrogens is 1. The predicted octanol–water partition coefficient (Wildman–Crippen LogP) is 2.36. The summed E-state index contributed by atoms with van der Waals surface area (Å²) in [4.78, 5) is 9.40. The van der Waals surface area contributed by atoms with Crippen molar-refractivity contribution in [2.45, 2.75) is 33.7 Å². The van der Waals surface area contributed by atoms with Crippen molar-refractivity contribution in [2.75, 3.05) is 44.7 Å². The molecule has 114 valence electrons. The third-order valence-electron chi connectivity index (χ3n) is 3.69. The van der Waals surface area contributed by atoms with E-state index in [4.69, 9.17) is 0 Å². The van der Waals surface area contributed by atoms with Crippen molar-refractivity contribution in [3.05, 3.63) is 23.9 Å². The molecule has 1 heterocycles. The van der Waals surface area contributed by atoms with E-state index in [2.05, 4.69) is 53.0 Å². The summed E-state index contributed by atoms with van der Waals surface area (Å²) in [6, 6.07) is 4.29. The lowest BCUT2D eigenvalue weighted by Crippen LogP contribution is -2.30. The third kappa shape index (κ3) is 5.47. The molecule has 0 unspecified atom stereocenters. The van der Waals surface area contributed by atoms with Gasteiger partial charge in [0.1, 0.15) is 5.82 Å². The second-order valence-electron chi connectivity index (χ2n) is 5.02.